The summed E-state index contributed by atoms with van der Waals surface area (Å²) in [6.45, 7) is 3.05. The fourth-order valence-electron chi connectivity index (χ4n) is 1.84. The maximum atomic E-state index is 11.2. The average molecular weight is 385 g/mol. The largest absolute Gasteiger partial charge is 0.492 e. The van der Waals surface area contributed by atoms with Gasteiger partial charge in [-0.1, -0.05) is 15.9 Å². The fraction of sp³-hybridized carbons (Fsp3) is 0.333. The number of carbonyl (C=O) groups is 1. The molecule has 0 bridgehead atoms. The maximum absolute atomic E-state index is 11.2. The minimum atomic E-state index is -0.952. The van der Waals surface area contributed by atoms with E-state index in [1.165, 1.54) is 0 Å². The normalized spacial score (nSPS) is 11.0. The summed E-state index contributed by atoms with van der Waals surface area (Å²) >= 11 is 4.60. The molecule has 0 saturated heterocycles. The predicted octanol–water partition coefficient (Wildman–Crippen LogP) is 3.52. The highest BCUT2D eigenvalue weighted by Crippen LogP contribution is 2.36. The number of thiazole rings is 1. The monoisotopic (exact) mass is 384 g/mol. The first-order valence-electron chi connectivity index (χ1n) is 6.66. The Morgan fingerprint density at radius 1 is 1.45 bits per heavy atom. The number of likely N-dealkylation sites (N-methyl/N-ethyl adjacent to an activating group) is 1. The van der Waals surface area contributed by atoms with E-state index >= 15 is 0 Å². The molecular formula is C15H17BrN2O3S. The Labute approximate surface area is 141 Å². The molecule has 0 amide bonds. The van der Waals surface area contributed by atoms with Crippen molar-refractivity contribution in [2.24, 2.45) is 0 Å². The Balaban J connectivity index is 2.34. The summed E-state index contributed by atoms with van der Waals surface area (Å²) in [6.07, 6.45) is 0. The molecule has 0 fully saturated rings. The van der Waals surface area contributed by atoms with Gasteiger partial charge in [0.2, 0.25) is 0 Å². The van der Waals surface area contributed by atoms with Crippen molar-refractivity contribution in [3.05, 3.63) is 33.2 Å². The summed E-state index contributed by atoms with van der Waals surface area (Å²) in [5.41, 5.74) is 1.32. The second-order valence-corrected chi connectivity index (χ2v) is 6.95. The Morgan fingerprint density at radius 2 is 2.18 bits per heavy atom. The molecule has 22 heavy (non-hydrogen) atoms. The average Bonchev–Trinajstić information content (AvgIpc) is 2.82. The molecule has 2 aromatic rings. The van der Waals surface area contributed by atoms with Gasteiger partial charge in [-0.3, -0.25) is 0 Å². The van der Waals surface area contributed by atoms with Crippen molar-refractivity contribution in [1.29, 1.82) is 0 Å². The third kappa shape index (κ3) is 4.06. The van der Waals surface area contributed by atoms with E-state index < -0.39 is 5.97 Å². The standard InChI is InChI=1S/C15H17BrN2O3S/c1-9-13(15(19)20)22-14(17-9)11-8-10(16)4-5-12(11)21-7-6-18(2)3/h4-5,8H,6-7H2,1-3H3,(H,19,20). The Bertz CT molecular complexity index is 685. The number of aryl methyl sites for hydroxylation is 1. The van der Waals surface area contributed by atoms with Gasteiger partial charge >= 0.3 is 5.97 Å². The lowest BCUT2D eigenvalue weighted by molar-refractivity contribution is 0.0701. The molecule has 1 aromatic carbocycles. The molecule has 0 unspecified atom stereocenters. The number of rotatable bonds is 6. The molecule has 0 atom stereocenters. The number of carboxylic acids is 1. The van der Waals surface area contributed by atoms with E-state index in [9.17, 15) is 9.90 Å². The van der Waals surface area contributed by atoms with Crippen molar-refractivity contribution in [2.45, 2.75) is 6.92 Å². The molecule has 5 nitrogen and oxygen atoms in total. The first kappa shape index (κ1) is 16.9. The van der Waals surface area contributed by atoms with Crippen LogP contribution in [-0.2, 0) is 0 Å². The molecule has 2 rings (SSSR count). The quantitative estimate of drug-likeness (QED) is 0.825. The van der Waals surface area contributed by atoms with Gasteiger partial charge in [-0.2, -0.15) is 0 Å². The Morgan fingerprint density at radius 3 is 2.77 bits per heavy atom. The molecule has 0 spiro atoms. The molecule has 1 aromatic heterocycles. The topological polar surface area (TPSA) is 62.7 Å². The summed E-state index contributed by atoms with van der Waals surface area (Å²) in [5, 5.41) is 9.83. The lowest BCUT2D eigenvalue weighted by atomic mass is 10.2. The van der Waals surface area contributed by atoms with Gasteiger partial charge in [0.15, 0.2) is 0 Å². The first-order chi connectivity index (χ1) is 10.4. The highest BCUT2D eigenvalue weighted by molar-refractivity contribution is 9.10. The van der Waals surface area contributed by atoms with Crippen LogP contribution >= 0.6 is 27.3 Å². The SMILES string of the molecule is Cc1nc(-c2cc(Br)ccc2OCCN(C)C)sc1C(=O)O. The third-order valence-electron chi connectivity index (χ3n) is 2.96. The van der Waals surface area contributed by atoms with Gasteiger partial charge in [0.05, 0.1) is 11.3 Å². The minimum absolute atomic E-state index is 0.259. The van der Waals surface area contributed by atoms with E-state index in [0.29, 0.717) is 23.1 Å². The molecule has 118 valence electrons. The van der Waals surface area contributed by atoms with Crippen LogP contribution in [0.5, 0.6) is 5.75 Å². The zero-order chi connectivity index (χ0) is 16.3. The highest BCUT2D eigenvalue weighted by atomic mass is 79.9. The summed E-state index contributed by atoms with van der Waals surface area (Å²) < 4.78 is 6.72. The highest BCUT2D eigenvalue weighted by Gasteiger charge is 2.18. The lowest BCUT2D eigenvalue weighted by Gasteiger charge is -2.13. The van der Waals surface area contributed by atoms with Crippen LogP contribution < -0.4 is 4.74 Å². The number of ether oxygens (including phenoxy) is 1. The molecule has 0 radical (unpaired) electrons. The summed E-state index contributed by atoms with van der Waals surface area (Å²) in [5.74, 6) is -0.248. The van der Waals surface area contributed by atoms with Crippen LogP contribution in [0.2, 0.25) is 0 Å². The van der Waals surface area contributed by atoms with Crippen LogP contribution in [0.25, 0.3) is 10.6 Å². The van der Waals surface area contributed by atoms with Crippen LogP contribution in [0.15, 0.2) is 22.7 Å². The van der Waals surface area contributed by atoms with E-state index in [0.717, 1.165) is 27.9 Å². The van der Waals surface area contributed by atoms with Gasteiger partial charge in [0, 0.05) is 11.0 Å². The second kappa shape index (κ2) is 7.21. The van der Waals surface area contributed by atoms with Crippen LogP contribution in [-0.4, -0.2) is 48.2 Å². The number of aromatic carboxylic acids is 1. The van der Waals surface area contributed by atoms with Crippen LogP contribution in [0.4, 0.5) is 0 Å². The van der Waals surface area contributed by atoms with E-state index in [4.69, 9.17) is 4.74 Å². The van der Waals surface area contributed by atoms with E-state index in [2.05, 4.69) is 20.9 Å². The number of hydrogen-bond donors (Lipinski definition) is 1. The van der Waals surface area contributed by atoms with Crippen LogP contribution in [0.1, 0.15) is 15.4 Å². The van der Waals surface area contributed by atoms with Gasteiger partial charge in [0.25, 0.3) is 0 Å². The molecule has 1 N–H and O–H groups in total. The number of aromatic nitrogens is 1. The van der Waals surface area contributed by atoms with Crippen molar-refractivity contribution >= 4 is 33.2 Å². The summed E-state index contributed by atoms with van der Waals surface area (Å²) in [4.78, 5) is 17.9. The van der Waals surface area contributed by atoms with Gasteiger partial charge < -0.3 is 14.7 Å². The van der Waals surface area contributed by atoms with Crippen molar-refractivity contribution in [2.75, 3.05) is 27.2 Å². The molecule has 0 aliphatic heterocycles. The summed E-state index contributed by atoms with van der Waals surface area (Å²) in [7, 11) is 3.96. The zero-order valence-corrected chi connectivity index (χ0v) is 15.0. The lowest BCUT2D eigenvalue weighted by Crippen LogP contribution is -2.19. The Hall–Kier alpha value is -1.44. The van der Waals surface area contributed by atoms with E-state index in [-0.39, 0.29) is 4.88 Å². The summed E-state index contributed by atoms with van der Waals surface area (Å²) in [6, 6.07) is 5.66. The Kier molecular flexibility index (Phi) is 5.55. The van der Waals surface area contributed by atoms with Crippen LogP contribution in [0, 0.1) is 6.92 Å². The molecule has 7 heteroatoms. The molecule has 1 heterocycles. The number of halogens is 1. The zero-order valence-electron chi connectivity index (χ0n) is 12.6. The van der Waals surface area contributed by atoms with Gasteiger partial charge in [-0.15, -0.1) is 11.3 Å². The molecular weight excluding hydrogens is 368 g/mol. The number of benzene rings is 1. The number of hydrogen-bond acceptors (Lipinski definition) is 5. The minimum Gasteiger partial charge on any atom is -0.492 e. The predicted molar refractivity (Wildman–Crippen MR) is 91.0 cm³/mol. The molecule has 0 aliphatic rings. The third-order valence-corrected chi connectivity index (χ3v) is 4.63. The van der Waals surface area contributed by atoms with Gasteiger partial charge in [0.1, 0.15) is 22.2 Å². The molecule has 0 saturated carbocycles. The number of carboxylic acid groups (broad SMARTS) is 1. The maximum Gasteiger partial charge on any atom is 0.347 e. The van der Waals surface area contributed by atoms with Gasteiger partial charge in [-0.05, 0) is 39.2 Å². The van der Waals surface area contributed by atoms with E-state index in [1.54, 1.807) is 6.92 Å². The first-order valence-corrected chi connectivity index (χ1v) is 8.27. The van der Waals surface area contributed by atoms with Gasteiger partial charge in [-0.25, -0.2) is 9.78 Å². The van der Waals surface area contributed by atoms with E-state index in [1.807, 2.05) is 37.2 Å². The van der Waals surface area contributed by atoms with Crippen molar-refractivity contribution in [3.63, 3.8) is 0 Å². The fourth-order valence-corrected chi connectivity index (χ4v) is 3.13. The van der Waals surface area contributed by atoms with Crippen LogP contribution in [0.3, 0.4) is 0 Å². The molecule has 0 aliphatic carbocycles. The smallest absolute Gasteiger partial charge is 0.347 e. The second-order valence-electron chi connectivity index (χ2n) is 5.03. The van der Waals surface area contributed by atoms with Crippen molar-refractivity contribution in [3.8, 4) is 16.3 Å². The number of nitrogens with zero attached hydrogens (tertiary/aromatic N) is 2. The van der Waals surface area contributed by atoms with Crippen molar-refractivity contribution < 1.29 is 14.6 Å². The van der Waals surface area contributed by atoms with Crippen molar-refractivity contribution in [1.82, 2.24) is 9.88 Å².